The number of nitrogens with two attached hydrogens (primary N) is 1. The highest BCUT2D eigenvalue weighted by atomic mass is 35.5. The molecule has 0 spiro atoms. The van der Waals surface area contributed by atoms with Crippen molar-refractivity contribution in [2.45, 2.75) is 89.6 Å². The lowest BCUT2D eigenvalue weighted by molar-refractivity contribution is -0.571. The van der Waals surface area contributed by atoms with E-state index in [0.29, 0.717) is 34.0 Å². The van der Waals surface area contributed by atoms with E-state index in [1.807, 2.05) is 68.3 Å². The summed E-state index contributed by atoms with van der Waals surface area (Å²) < 4.78 is 41.4. The zero-order valence-corrected chi connectivity index (χ0v) is 42.4. The maximum absolute atomic E-state index is 13.7. The molecule has 19 heteroatoms. The number of benzene rings is 3. The summed E-state index contributed by atoms with van der Waals surface area (Å²) in [5.74, 6) is -3.92. The van der Waals surface area contributed by atoms with E-state index in [2.05, 4.69) is 5.32 Å². The monoisotopic (exact) mass is 1030 g/mol. The number of thiocarbonyl (C=S) groups is 1. The van der Waals surface area contributed by atoms with E-state index in [4.69, 9.17) is 23.8 Å². The number of para-hydroxylation sites is 1. The molecule has 0 atom stereocenters. The molecule has 0 bridgehead atoms. The number of carbonyl (C=O) groups is 5. The Hall–Kier alpha value is -6.21. The molecule has 376 valence electrons. The van der Waals surface area contributed by atoms with Gasteiger partial charge < -0.3 is 35.8 Å². The predicted octanol–water partition coefficient (Wildman–Crippen LogP) is 9.72. The highest BCUT2D eigenvalue weighted by Crippen LogP contribution is 2.50. The summed E-state index contributed by atoms with van der Waals surface area (Å²) in [6, 6.07) is 16.5. The van der Waals surface area contributed by atoms with Gasteiger partial charge in [-0.3, -0.25) is 28.9 Å². The molecule has 3 aliphatic rings. The Morgan fingerprint density at radius 3 is 2.04 bits per heavy atom. The second-order valence-corrected chi connectivity index (χ2v) is 21.1. The number of carbonyl (C=O) groups excluding carboxylic acids is 2. The van der Waals surface area contributed by atoms with Crippen molar-refractivity contribution in [1.82, 2.24) is 4.90 Å². The standard InChI is InChI=1S/C52H55ClF3N5O8S2/c1-49(2,24-9-10-32(53)14-19-41-51(5,6)36-28-31(52(54,55)56)13-17-39(36)60(41)27-23-46(67)68)35-29-33(15-16-37(35)57-25-21-44(63)64)58-43(62)30-61-47(69)40(71-48(61)70)18-20-42-50(3,4)34-11-7-8-12-38(34)59(42)26-22-45(65)66/h7-20,28-29,57H,21-27,30H2,1-6H3,(H,58,62)(H,63,64)(H,65,66)(H,67,68)/p+1. The van der Waals surface area contributed by atoms with Crippen molar-refractivity contribution < 1.29 is 57.8 Å². The molecule has 0 unspecified atom stereocenters. The van der Waals surface area contributed by atoms with Crippen LogP contribution in [-0.2, 0) is 46.4 Å². The molecule has 6 rings (SSSR count). The SMILES string of the molecule is CC(C)(CC=CC(Cl)=CC=C1N(CCC(=O)O)c2ccc(C(F)(F)F)cc2C1(C)C)c1cc(NC(=O)CN2C(=O)C(=CC=C3N(CCC(=O)O)c4ccccc4C3(C)C)SC2=S)ccc1[NH2+]CCC(=O)O. The Labute approximate surface area is 424 Å². The summed E-state index contributed by atoms with van der Waals surface area (Å²) >= 11 is 13.3. The number of quaternary nitrogens is 1. The highest BCUT2D eigenvalue weighted by Gasteiger charge is 2.43. The van der Waals surface area contributed by atoms with Gasteiger partial charge in [0.15, 0.2) is 0 Å². The van der Waals surface area contributed by atoms with Gasteiger partial charge in [-0.05, 0) is 89.7 Å². The Morgan fingerprint density at radius 1 is 0.803 bits per heavy atom. The first-order valence-electron chi connectivity index (χ1n) is 22.7. The largest absolute Gasteiger partial charge is 0.481 e. The predicted molar refractivity (Wildman–Crippen MR) is 274 cm³/mol. The molecular formula is C52H56ClF3N5O8S2+. The number of rotatable bonds is 19. The van der Waals surface area contributed by atoms with E-state index < -0.39 is 57.7 Å². The number of fused-ring (bicyclic) bond motifs is 2. The molecule has 0 saturated carbocycles. The van der Waals surface area contributed by atoms with Crippen LogP contribution in [0.2, 0.25) is 0 Å². The number of hydrogen-bond acceptors (Lipinski definition) is 9. The Balaban J connectivity index is 1.18. The third kappa shape index (κ3) is 12.5. The Morgan fingerprint density at radius 2 is 1.41 bits per heavy atom. The van der Waals surface area contributed by atoms with Crippen LogP contribution in [0.15, 0.2) is 118 Å². The first kappa shape index (κ1) is 54.1. The second kappa shape index (κ2) is 21.6. The van der Waals surface area contributed by atoms with Gasteiger partial charge >= 0.3 is 24.1 Å². The first-order valence-corrected chi connectivity index (χ1v) is 24.3. The average Bonchev–Trinajstić information content (AvgIpc) is 3.77. The van der Waals surface area contributed by atoms with Gasteiger partial charge in [0.05, 0.1) is 36.3 Å². The summed E-state index contributed by atoms with van der Waals surface area (Å²) in [5.41, 5.74) is 3.28. The fourth-order valence-electron chi connectivity index (χ4n) is 9.08. The van der Waals surface area contributed by atoms with Crippen LogP contribution in [-0.4, -0.2) is 80.4 Å². The second-order valence-electron chi connectivity index (χ2n) is 19.0. The normalized spacial score (nSPS) is 18.3. The number of nitrogens with one attached hydrogen (secondary N) is 1. The summed E-state index contributed by atoms with van der Waals surface area (Å²) in [6.07, 6.45) is 5.67. The molecule has 6 N–H and O–H groups in total. The van der Waals surface area contributed by atoms with Gasteiger partial charge in [0.1, 0.15) is 16.6 Å². The van der Waals surface area contributed by atoms with Crippen LogP contribution in [0, 0.1) is 0 Å². The van der Waals surface area contributed by atoms with E-state index in [1.54, 1.807) is 67.3 Å². The van der Waals surface area contributed by atoms with E-state index in [1.165, 1.54) is 11.0 Å². The molecular weight excluding hydrogens is 979 g/mol. The number of nitrogens with zero attached hydrogens (tertiary/aromatic N) is 3. The van der Waals surface area contributed by atoms with Crippen molar-refractivity contribution in [3.05, 3.63) is 141 Å². The van der Waals surface area contributed by atoms with Crippen LogP contribution in [0.5, 0.6) is 0 Å². The molecule has 0 radical (unpaired) electrons. The maximum Gasteiger partial charge on any atom is 0.416 e. The van der Waals surface area contributed by atoms with Crippen molar-refractivity contribution in [2.75, 3.05) is 41.3 Å². The van der Waals surface area contributed by atoms with Crippen LogP contribution in [0.4, 0.5) is 35.9 Å². The number of thioether (sulfide) groups is 1. The topological polar surface area (TPSA) is 184 Å². The van der Waals surface area contributed by atoms with Crippen molar-refractivity contribution in [3.8, 4) is 0 Å². The number of aliphatic carboxylic acids is 3. The minimum Gasteiger partial charge on any atom is -0.481 e. The van der Waals surface area contributed by atoms with Gasteiger partial charge in [0.25, 0.3) is 5.91 Å². The molecule has 0 aliphatic carbocycles. The van der Waals surface area contributed by atoms with Crippen molar-refractivity contribution in [3.63, 3.8) is 0 Å². The Bertz CT molecular complexity index is 2820. The third-order valence-electron chi connectivity index (χ3n) is 12.8. The molecule has 3 aliphatic heterocycles. The maximum atomic E-state index is 13.7. The number of alkyl halides is 3. The quantitative estimate of drug-likeness (QED) is 0.0332. The average molecular weight is 1040 g/mol. The molecule has 3 heterocycles. The minimum atomic E-state index is -4.57. The Kier molecular flexibility index (Phi) is 16.5. The van der Waals surface area contributed by atoms with Gasteiger partial charge in [0, 0.05) is 69.0 Å². The van der Waals surface area contributed by atoms with E-state index in [9.17, 15) is 52.5 Å². The molecule has 3 aromatic carbocycles. The molecule has 3 aromatic rings. The van der Waals surface area contributed by atoms with E-state index in [0.717, 1.165) is 52.1 Å². The lowest BCUT2D eigenvalue weighted by Crippen LogP contribution is -2.79. The molecule has 71 heavy (non-hydrogen) atoms. The summed E-state index contributed by atoms with van der Waals surface area (Å²) in [6.45, 7) is 11.7. The number of anilines is 3. The van der Waals surface area contributed by atoms with Gasteiger partial charge in [-0.2, -0.15) is 13.2 Å². The molecule has 13 nitrogen and oxygen atoms in total. The lowest BCUT2D eigenvalue weighted by atomic mass is 9.80. The van der Waals surface area contributed by atoms with Crippen LogP contribution in [0.3, 0.4) is 0 Å². The fourth-order valence-corrected chi connectivity index (χ4v) is 10.4. The summed E-state index contributed by atoms with van der Waals surface area (Å²) in [4.78, 5) is 67.0. The minimum absolute atomic E-state index is 0.0253. The van der Waals surface area contributed by atoms with Gasteiger partial charge in [-0.15, -0.1) is 0 Å². The van der Waals surface area contributed by atoms with Crippen LogP contribution >= 0.6 is 35.6 Å². The van der Waals surface area contributed by atoms with E-state index >= 15 is 0 Å². The molecule has 0 aromatic heterocycles. The number of halogens is 4. The number of hydrogen-bond donors (Lipinski definition) is 5. The third-order valence-corrected chi connectivity index (χ3v) is 14.4. The molecule has 2 amide bonds. The number of allylic oxidation sites excluding steroid dienone is 9. The summed E-state index contributed by atoms with van der Waals surface area (Å²) in [7, 11) is 0. The van der Waals surface area contributed by atoms with Crippen molar-refractivity contribution in [2.24, 2.45) is 0 Å². The number of carboxylic acid groups (broad SMARTS) is 3. The summed E-state index contributed by atoms with van der Waals surface area (Å²) in [5, 5.41) is 33.2. The zero-order chi connectivity index (χ0) is 52.2. The number of carboxylic acids is 3. The van der Waals surface area contributed by atoms with Crippen molar-refractivity contribution in [1.29, 1.82) is 0 Å². The number of amides is 2. The van der Waals surface area contributed by atoms with Gasteiger partial charge in [-0.25, -0.2) is 0 Å². The zero-order valence-electron chi connectivity index (χ0n) is 40.0. The van der Waals surface area contributed by atoms with E-state index in [-0.39, 0.29) is 54.8 Å². The van der Waals surface area contributed by atoms with Crippen LogP contribution in [0.25, 0.3) is 0 Å². The first-order chi connectivity index (χ1) is 33.2. The molecule has 1 saturated heterocycles. The smallest absolute Gasteiger partial charge is 0.416 e. The highest BCUT2D eigenvalue weighted by molar-refractivity contribution is 8.26. The van der Waals surface area contributed by atoms with Gasteiger partial charge in [0.2, 0.25) is 5.91 Å². The fraction of sp³-hybridized carbons (Fsp3) is 0.346. The van der Waals surface area contributed by atoms with Crippen LogP contribution in [0.1, 0.15) is 89.5 Å². The van der Waals surface area contributed by atoms with Crippen molar-refractivity contribution >= 4 is 92.4 Å². The van der Waals surface area contributed by atoms with Crippen LogP contribution < -0.4 is 20.4 Å². The lowest BCUT2D eigenvalue weighted by Gasteiger charge is -2.26. The molecule has 1 fully saturated rings. The van der Waals surface area contributed by atoms with Gasteiger partial charge in [-0.1, -0.05) is 101 Å².